The van der Waals surface area contributed by atoms with Crippen molar-refractivity contribution in [3.8, 4) is 5.75 Å². The molecule has 0 aromatic heterocycles. The van der Waals surface area contributed by atoms with Gasteiger partial charge in [0.25, 0.3) is 5.91 Å². The van der Waals surface area contributed by atoms with Crippen molar-refractivity contribution in [3.05, 3.63) is 29.8 Å². The number of ether oxygens (including phenoxy) is 2. The fraction of sp³-hybridized carbons (Fsp3) is 0.680. The number of carbonyl (C=O) groups is 2. The Bertz CT molecular complexity index is 692. The normalized spacial score (nSPS) is 19.0. The molecule has 0 saturated carbocycles. The third-order valence-electron chi connectivity index (χ3n) is 5.82. The first-order valence-electron chi connectivity index (χ1n) is 11.8. The van der Waals surface area contributed by atoms with E-state index in [1.165, 1.54) is 0 Å². The summed E-state index contributed by atoms with van der Waals surface area (Å²) in [5.74, 6) is 1.16. The van der Waals surface area contributed by atoms with E-state index in [1.54, 1.807) is 7.11 Å². The van der Waals surface area contributed by atoms with Crippen LogP contribution in [-0.4, -0.2) is 67.6 Å². The summed E-state index contributed by atoms with van der Waals surface area (Å²) in [7, 11) is 1.62. The van der Waals surface area contributed by atoms with E-state index < -0.39 is 0 Å². The van der Waals surface area contributed by atoms with Gasteiger partial charge in [0.15, 0.2) is 0 Å². The number of carbonyl (C=O) groups excluding carboxylic acids is 2. The number of amides is 2. The predicted octanol–water partition coefficient (Wildman–Crippen LogP) is 4.38. The Morgan fingerprint density at radius 1 is 1.16 bits per heavy atom. The van der Waals surface area contributed by atoms with E-state index in [0.717, 1.165) is 45.2 Å². The van der Waals surface area contributed by atoms with Gasteiger partial charge in [-0.3, -0.25) is 9.59 Å². The van der Waals surface area contributed by atoms with Crippen LogP contribution in [-0.2, 0) is 9.53 Å². The first-order valence-corrected chi connectivity index (χ1v) is 11.8. The van der Waals surface area contributed by atoms with Crippen molar-refractivity contribution < 1.29 is 19.1 Å². The van der Waals surface area contributed by atoms with E-state index in [9.17, 15) is 9.59 Å². The van der Waals surface area contributed by atoms with Gasteiger partial charge in [0.05, 0.1) is 24.6 Å². The molecule has 31 heavy (non-hydrogen) atoms. The van der Waals surface area contributed by atoms with Gasteiger partial charge in [-0.05, 0) is 44.2 Å². The molecule has 0 radical (unpaired) electrons. The quantitative estimate of drug-likeness (QED) is 0.669. The number of benzene rings is 1. The van der Waals surface area contributed by atoms with Gasteiger partial charge >= 0.3 is 0 Å². The van der Waals surface area contributed by atoms with Crippen LogP contribution in [0.25, 0.3) is 0 Å². The van der Waals surface area contributed by atoms with Gasteiger partial charge in [-0.25, -0.2) is 0 Å². The molecule has 0 saturated heterocycles. The van der Waals surface area contributed by atoms with Crippen LogP contribution in [0.3, 0.4) is 0 Å². The number of nitrogens with zero attached hydrogens (tertiary/aromatic N) is 2. The van der Waals surface area contributed by atoms with Crippen molar-refractivity contribution in [2.24, 2.45) is 5.92 Å². The Hall–Kier alpha value is -2.08. The maximum atomic E-state index is 13.2. The zero-order valence-electron chi connectivity index (χ0n) is 19.8. The molecular weight excluding hydrogens is 392 g/mol. The highest BCUT2D eigenvalue weighted by Gasteiger charge is 2.26. The molecule has 0 fully saturated rings. The van der Waals surface area contributed by atoms with Gasteiger partial charge in [-0.2, -0.15) is 0 Å². The van der Waals surface area contributed by atoms with Crippen LogP contribution < -0.4 is 4.74 Å². The summed E-state index contributed by atoms with van der Waals surface area (Å²) in [5.41, 5.74) is 0.599. The predicted molar refractivity (Wildman–Crippen MR) is 123 cm³/mol. The Morgan fingerprint density at radius 3 is 2.55 bits per heavy atom. The van der Waals surface area contributed by atoms with E-state index in [2.05, 4.69) is 13.8 Å². The highest BCUT2D eigenvalue weighted by molar-refractivity contribution is 5.96. The molecule has 2 amide bonds. The summed E-state index contributed by atoms with van der Waals surface area (Å²) in [6, 6.07) is 7.44. The standard InChI is InChI=1S/C25H40N2O4/c1-5-26-15-10-6-7-11-16-27(24(28)14-17-30-4)21(18-20(2)3)19-31-23-13-9-8-12-22(23)25(26)29/h8-9,12-13,20-21H,5-7,10-11,14-19H2,1-4H3/t21-/m0/s1. The second-order valence-corrected chi connectivity index (χ2v) is 8.72. The van der Waals surface area contributed by atoms with Crippen LogP contribution in [0.15, 0.2) is 24.3 Å². The van der Waals surface area contributed by atoms with Crippen LogP contribution in [0.2, 0.25) is 0 Å². The lowest BCUT2D eigenvalue weighted by molar-refractivity contribution is -0.135. The minimum absolute atomic E-state index is 0.0172. The summed E-state index contributed by atoms with van der Waals surface area (Å²) in [4.78, 5) is 30.0. The summed E-state index contributed by atoms with van der Waals surface area (Å²) < 4.78 is 11.4. The first kappa shape index (κ1) is 25.2. The molecule has 1 aromatic rings. The lowest BCUT2D eigenvalue weighted by atomic mass is 10.0. The molecule has 0 N–H and O–H groups in total. The number of hydrogen-bond donors (Lipinski definition) is 0. The fourth-order valence-electron chi connectivity index (χ4n) is 4.14. The van der Waals surface area contributed by atoms with E-state index in [0.29, 0.717) is 43.4 Å². The van der Waals surface area contributed by atoms with Gasteiger partial charge < -0.3 is 19.3 Å². The van der Waals surface area contributed by atoms with Crippen LogP contribution in [0.5, 0.6) is 5.75 Å². The number of para-hydroxylation sites is 1. The van der Waals surface area contributed by atoms with Crippen molar-refractivity contribution in [2.45, 2.75) is 65.3 Å². The maximum Gasteiger partial charge on any atom is 0.257 e. The first-order chi connectivity index (χ1) is 15.0. The third kappa shape index (κ3) is 7.84. The topological polar surface area (TPSA) is 59.1 Å². The van der Waals surface area contributed by atoms with Gasteiger partial charge in [0, 0.05) is 26.7 Å². The summed E-state index contributed by atoms with van der Waals surface area (Å²) in [6.07, 6.45) is 5.27. The Morgan fingerprint density at radius 2 is 1.87 bits per heavy atom. The molecule has 0 bridgehead atoms. The summed E-state index contributed by atoms with van der Waals surface area (Å²) >= 11 is 0. The monoisotopic (exact) mass is 432 g/mol. The molecule has 0 unspecified atom stereocenters. The van der Waals surface area contributed by atoms with Crippen LogP contribution in [0, 0.1) is 5.92 Å². The van der Waals surface area contributed by atoms with Crippen molar-refractivity contribution in [1.82, 2.24) is 9.80 Å². The molecule has 6 heteroatoms. The lowest BCUT2D eigenvalue weighted by Crippen LogP contribution is -2.45. The Labute approximate surface area is 187 Å². The fourth-order valence-corrected chi connectivity index (χ4v) is 4.14. The minimum Gasteiger partial charge on any atom is -0.491 e. The van der Waals surface area contributed by atoms with Gasteiger partial charge in [0.1, 0.15) is 12.4 Å². The van der Waals surface area contributed by atoms with E-state index in [1.807, 2.05) is 41.0 Å². The third-order valence-corrected chi connectivity index (χ3v) is 5.82. The molecule has 1 heterocycles. The molecule has 174 valence electrons. The number of rotatable bonds is 6. The van der Waals surface area contributed by atoms with Crippen molar-refractivity contribution in [3.63, 3.8) is 0 Å². The second kappa shape index (κ2) is 13.4. The van der Waals surface area contributed by atoms with Crippen molar-refractivity contribution >= 4 is 11.8 Å². The highest BCUT2D eigenvalue weighted by atomic mass is 16.5. The van der Waals surface area contributed by atoms with E-state index in [-0.39, 0.29) is 17.9 Å². The Balaban J connectivity index is 2.31. The number of fused-ring (bicyclic) bond motifs is 1. The maximum absolute atomic E-state index is 13.2. The molecular formula is C25H40N2O4. The molecule has 1 aromatic carbocycles. The average Bonchev–Trinajstić information content (AvgIpc) is 2.76. The summed E-state index contributed by atoms with van der Waals surface area (Å²) in [6.45, 7) is 9.33. The minimum atomic E-state index is -0.0299. The number of hydrogen-bond acceptors (Lipinski definition) is 4. The molecule has 2 rings (SSSR count). The molecule has 1 atom stereocenters. The van der Waals surface area contributed by atoms with Crippen LogP contribution in [0.1, 0.15) is 69.7 Å². The highest BCUT2D eigenvalue weighted by Crippen LogP contribution is 2.23. The number of methoxy groups -OCH3 is 1. The zero-order chi connectivity index (χ0) is 22.6. The van der Waals surface area contributed by atoms with Gasteiger partial charge in [-0.1, -0.05) is 38.8 Å². The smallest absolute Gasteiger partial charge is 0.257 e. The molecule has 0 spiro atoms. The molecule has 1 aliphatic heterocycles. The zero-order valence-corrected chi connectivity index (χ0v) is 19.8. The van der Waals surface area contributed by atoms with Gasteiger partial charge in [-0.15, -0.1) is 0 Å². The second-order valence-electron chi connectivity index (χ2n) is 8.72. The van der Waals surface area contributed by atoms with Crippen molar-refractivity contribution in [1.29, 1.82) is 0 Å². The largest absolute Gasteiger partial charge is 0.491 e. The van der Waals surface area contributed by atoms with Crippen molar-refractivity contribution in [2.75, 3.05) is 40.0 Å². The summed E-state index contributed by atoms with van der Waals surface area (Å²) in [5, 5.41) is 0. The van der Waals surface area contributed by atoms with E-state index >= 15 is 0 Å². The molecule has 0 aliphatic carbocycles. The molecule has 6 nitrogen and oxygen atoms in total. The Kier molecular flexibility index (Phi) is 10.9. The van der Waals surface area contributed by atoms with Crippen LogP contribution in [0.4, 0.5) is 0 Å². The molecule has 1 aliphatic rings. The lowest BCUT2D eigenvalue weighted by Gasteiger charge is -2.34. The van der Waals surface area contributed by atoms with Gasteiger partial charge in [0.2, 0.25) is 5.91 Å². The van der Waals surface area contributed by atoms with Crippen LogP contribution >= 0.6 is 0 Å². The van der Waals surface area contributed by atoms with E-state index in [4.69, 9.17) is 9.47 Å². The average molecular weight is 433 g/mol. The SMILES string of the molecule is CCN1CCCCCCN(C(=O)CCOC)[C@@H](CC(C)C)COc2ccccc2C1=O.